The lowest BCUT2D eigenvalue weighted by Gasteiger charge is -2.25. The second kappa shape index (κ2) is 10.7. The van der Waals surface area contributed by atoms with E-state index in [-0.39, 0.29) is 16.6 Å². The number of carbonyl (C=O) groups is 1. The molecule has 11 heteroatoms. The van der Waals surface area contributed by atoms with Gasteiger partial charge in [0.1, 0.15) is 17.3 Å². The third-order valence-corrected chi connectivity index (χ3v) is 5.85. The zero-order valence-corrected chi connectivity index (χ0v) is 20.1. The van der Waals surface area contributed by atoms with Crippen LogP contribution in [0.2, 0.25) is 5.02 Å². The number of pyridine rings is 1. The number of aromatic amines is 1. The molecule has 3 aromatic rings. The molecule has 1 aromatic carbocycles. The first-order chi connectivity index (χ1) is 16.9. The first-order valence-corrected chi connectivity index (χ1v) is 11.3. The molecule has 1 amide bonds. The number of nitrogens with zero attached hydrogens (tertiary/aromatic N) is 5. The lowest BCUT2D eigenvalue weighted by Crippen LogP contribution is -2.35. The number of hydrogen-bond acceptors (Lipinski definition) is 7. The predicted octanol–water partition coefficient (Wildman–Crippen LogP) is 3.30. The Hall–Kier alpha value is -3.76. The van der Waals surface area contributed by atoms with E-state index in [0.29, 0.717) is 49.1 Å². The van der Waals surface area contributed by atoms with Gasteiger partial charge in [0.05, 0.1) is 35.6 Å². The van der Waals surface area contributed by atoms with E-state index < -0.39 is 5.82 Å². The van der Waals surface area contributed by atoms with Gasteiger partial charge in [-0.05, 0) is 36.4 Å². The maximum atomic E-state index is 13.8. The molecule has 0 radical (unpaired) electrons. The van der Waals surface area contributed by atoms with Crippen LogP contribution in [0.5, 0.6) is 0 Å². The molecule has 0 atom stereocenters. The highest BCUT2D eigenvalue weighted by molar-refractivity contribution is 6.31. The molecule has 2 bridgehead atoms. The van der Waals surface area contributed by atoms with Crippen molar-refractivity contribution in [3.05, 3.63) is 64.3 Å². The summed E-state index contributed by atoms with van der Waals surface area (Å²) in [5.74, 6) is -0.219. The third kappa shape index (κ3) is 5.33. The van der Waals surface area contributed by atoms with Crippen LogP contribution in [0.4, 0.5) is 15.9 Å². The van der Waals surface area contributed by atoms with Gasteiger partial charge in [-0.2, -0.15) is 5.10 Å². The number of fused-ring (bicyclic) bond motifs is 1. The standard InChI is InChI=1S/C24H25ClFN7O2/c1-28-13-15-3-6-20-17-12-22(29-14-21(17)31-30-20)33(16-4-5-19(26)18(25)11-16)8-10-35-9-7-32(2)24(34)23(15)27/h3-6,11-14H,7-10,27H2,1-2H3,(H,30,31)/b6-3+,23-15-,28-13?. The van der Waals surface area contributed by atoms with Gasteiger partial charge >= 0.3 is 0 Å². The summed E-state index contributed by atoms with van der Waals surface area (Å²) in [6, 6.07) is 6.38. The molecular formula is C24H25ClFN7O2. The Bertz CT molecular complexity index is 1330. The fourth-order valence-electron chi connectivity index (χ4n) is 3.63. The van der Waals surface area contributed by atoms with E-state index in [1.165, 1.54) is 17.2 Å². The van der Waals surface area contributed by atoms with E-state index >= 15 is 0 Å². The number of amides is 1. The Balaban J connectivity index is 1.82. The Kier molecular flexibility index (Phi) is 7.42. The lowest BCUT2D eigenvalue weighted by atomic mass is 10.1. The maximum Gasteiger partial charge on any atom is 0.270 e. The molecule has 9 nitrogen and oxygen atoms in total. The van der Waals surface area contributed by atoms with Crippen molar-refractivity contribution in [1.29, 1.82) is 0 Å². The van der Waals surface area contributed by atoms with Crippen LogP contribution in [-0.2, 0) is 9.53 Å². The minimum Gasteiger partial charge on any atom is -0.394 e. The second-order valence-corrected chi connectivity index (χ2v) is 8.28. The zero-order valence-electron chi connectivity index (χ0n) is 19.3. The molecule has 1 aliphatic heterocycles. The van der Waals surface area contributed by atoms with Crippen molar-refractivity contribution in [3.63, 3.8) is 0 Å². The lowest BCUT2D eigenvalue weighted by molar-refractivity contribution is -0.126. The number of ether oxygens (including phenoxy) is 1. The van der Waals surface area contributed by atoms with Gasteiger partial charge in [-0.15, -0.1) is 0 Å². The average Bonchev–Trinajstić information content (AvgIpc) is 3.26. The highest BCUT2D eigenvalue weighted by Crippen LogP contribution is 2.30. The summed E-state index contributed by atoms with van der Waals surface area (Å²) in [6.07, 6.45) is 6.66. The second-order valence-electron chi connectivity index (χ2n) is 7.88. The van der Waals surface area contributed by atoms with Gasteiger partial charge in [-0.25, -0.2) is 9.37 Å². The number of anilines is 2. The number of halogens is 2. The van der Waals surface area contributed by atoms with Crippen molar-refractivity contribution >= 4 is 52.2 Å². The molecule has 182 valence electrons. The number of benzene rings is 1. The van der Waals surface area contributed by atoms with Crippen molar-refractivity contribution in [2.24, 2.45) is 10.7 Å². The summed E-state index contributed by atoms with van der Waals surface area (Å²) in [4.78, 5) is 24.8. The van der Waals surface area contributed by atoms with Crippen LogP contribution in [0.1, 0.15) is 5.69 Å². The van der Waals surface area contributed by atoms with Crippen LogP contribution in [0.15, 0.2) is 52.8 Å². The molecule has 35 heavy (non-hydrogen) atoms. The topological polar surface area (TPSA) is 113 Å². The molecule has 0 saturated carbocycles. The smallest absolute Gasteiger partial charge is 0.270 e. The minimum absolute atomic E-state index is 0.0122. The van der Waals surface area contributed by atoms with Crippen molar-refractivity contribution in [1.82, 2.24) is 20.1 Å². The number of H-pyrrole nitrogens is 1. The quantitative estimate of drug-likeness (QED) is 0.525. The van der Waals surface area contributed by atoms with E-state index in [4.69, 9.17) is 22.1 Å². The van der Waals surface area contributed by atoms with Gasteiger partial charge in [-0.3, -0.25) is 14.9 Å². The summed E-state index contributed by atoms with van der Waals surface area (Å²) in [7, 11) is 3.26. The van der Waals surface area contributed by atoms with E-state index in [9.17, 15) is 9.18 Å². The van der Waals surface area contributed by atoms with Gasteiger partial charge < -0.3 is 20.3 Å². The van der Waals surface area contributed by atoms with Crippen LogP contribution < -0.4 is 10.6 Å². The minimum atomic E-state index is -0.502. The number of hydrogen-bond donors (Lipinski definition) is 2. The number of nitrogens with one attached hydrogen (secondary N) is 1. The highest BCUT2D eigenvalue weighted by Gasteiger charge is 2.18. The fraction of sp³-hybridized carbons (Fsp3) is 0.250. The molecule has 2 aromatic heterocycles. The Morgan fingerprint density at radius 1 is 1.26 bits per heavy atom. The van der Waals surface area contributed by atoms with E-state index in [2.05, 4.69) is 20.2 Å². The Morgan fingerprint density at radius 3 is 2.83 bits per heavy atom. The number of nitrogens with two attached hydrogens (primary N) is 1. The molecular weight excluding hydrogens is 473 g/mol. The van der Waals surface area contributed by atoms with Crippen LogP contribution in [-0.4, -0.2) is 72.6 Å². The molecule has 4 rings (SSSR count). The van der Waals surface area contributed by atoms with Crippen LogP contribution in [0.25, 0.3) is 17.0 Å². The number of aliphatic imine (C=N–C) groups is 1. The third-order valence-electron chi connectivity index (χ3n) is 5.56. The van der Waals surface area contributed by atoms with Crippen molar-refractivity contribution in [2.45, 2.75) is 0 Å². The van der Waals surface area contributed by atoms with Crippen molar-refractivity contribution in [2.75, 3.05) is 45.3 Å². The molecule has 0 unspecified atom stereocenters. The summed E-state index contributed by atoms with van der Waals surface area (Å²) in [5.41, 5.74) is 8.72. The number of rotatable bonds is 2. The highest BCUT2D eigenvalue weighted by atomic mass is 35.5. The van der Waals surface area contributed by atoms with Crippen LogP contribution in [0.3, 0.4) is 0 Å². The van der Waals surface area contributed by atoms with Crippen LogP contribution >= 0.6 is 11.6 Å². The fourth-order valence-corrected chi connectivity index (χ4v) is 3.80. The summed E-state index contributed by atoms with van der Waals surface area (Å²) >= 11 is 6.06. The number of likely N-dealkylation sites (N-methyl/N-ethyl adjacent to an activating group) is 1. The summed E-state index contributed by atoms with van der Waals surface area (Å²) < 4.78 is 19.6. The predicted molar refractivity (Wildman–Crippen MR) is 135 cm³/mol. The number of allylic oxidation sites excluding steroid dienone is 2. The van der Waals surface area contributed by atoms with Gasteiger partial charge in [-0.1, -0.05) is 11.6 Å². The molecule has 3 heterocycles. The van der Waals surface area contributed by atoms with Gasteiger partial charge in [0.25, 0.3) is 5.91 Å². The first kappa shape index (κ1) is 24.4. The van der Waals surface area contributed by atoms with E-state index in [1.807, 2.05) is 11.0 Å². The Morgan fingerprint density at radius 2 is 2.06 bits per heavy atom. The van der Waals surface area contributed by atoms with Crippen LogP contribution in [0, 0.1) is 5.82 Å². The zero-order chi connectivity index (χ0) is 24.9. The SMILES string of the molecule is CN=CC1=C(\N)C(=O)N(C)CCOCCN(c2ccc(F)c(Cl)c2)c2cc3c(n[nH]c3cn2)\C=C\1. The van der Waals surface area contributed by atoms with Crippen molar-refractivity contribution in [3.8, 4) is 0 Å². The summed E-state index contributed by atoms with van der Waals surface area (Å²) in [6.45, 7) is 1.39. The van der Waals surface area contributed by atoms with E-state index in [0.717, 1.165) is 10.9 Å². The normalized spacial score (nSPS) is 19.3. The molecule has 0 aliphatic carbocycles. The maximum absolute atomic E-state index is 13.8. The first-order valence-electron chi connectivity index (χ1n) is 10.9. The molecule has 1 aliphatic rings. The molecule has 0 spiro atoms. The van der Waals surface area contributed by atoms with E-state index in [1.54, 1.807) is 44.6 Å². The van der Waals surface area contributed by atoms with Gasteiger partial charge in [0, 0.05) is 50.0 Å². The van der Waals surface area contributed by atoms with Gasteiger partial charge in [0.2, 0.25) is 0 Å². The molecule has 0 saturated heterocycles. The monoisotopic (exact) mass is 497 g/mol. The summed E-state index contributed by atoms with van der Waals surface area (Å²) in [5, 5.41) is 8.14. The largest absolute Gasteiger partial charge is 0.394 e. The van der Waals surface area contributed by atoms with Crippen molar-refractivity contribution < 1.29 is 13.9 Å². The molecule has 0 fully saturated rings. The van der Waals surface area contributed by atoms with Gasteiger partial charge in [0.15, 0.2) is 0 Å². The average molecular weight is 498 g/mol. The number of carbonyl (C=O) groups excluding carboxylic acids is 1. The number of aromatic nitrogens is 3. The Labute approximate surface area is 206 Å². The molecule has 3 N–H and O–H groups in total.